The zero-order valence-corrected chi connectivity index (χ0v) is 16.3. The van der Waals surface area contributed by atoms with Gasteiger partial charge in [-0.15, -0.1) is 0 Å². The molecule has 1 atom stereocenters. The van der Waals surface area contributed by atoms with Gasteiger partial charge in [-0.3, -0.25) is 4.79 Å². The molecule has 0 aromatic heterocycles. The number of amides is 1. The van der Waals surface area contributed by atoms with Crippen molar-refractivity contribution >= 4 is 5.91 Å². The molecule has 0 bridgehead atoms. The Morgan fingerprint density at radius 1 is 1.11 bits per heavy atom. The molecule has 0 saturated heterocycles. The number of carbonyl (C=O) groups is 1. The highest BCUT2D eigenvalue weighted by Crippen LogP contribution is 2.31. The molecule has 27 heavy (non-hydrogen) atoms. The largest absolute Gasteiger partial charge is 0.493 e. The Morgan fingerprint density at radius 3 is 2.41 bits per heavy atom. The topological polar surface area (TPSA) is 56.8 Å². The summed E-state index contributed by atoms with van der Waals surface area (Å²) in [5.41, 5.74) is 1.50. The van der Waals surface area contributed by atoms with Gasteiger partial charge in [-0.1, -0.05) is 18.7 Å². The molecule has 0 fully saturated rings. The minimum Gasteiger partial charge on any atom is -0.493 e. The molecule has 0 spiro atoms. The summed E-state index contributed by atoms with van der Waals surface area (Å²) in [7, 11) is 1.60. The molecule has 0 radical (unpaired) electrons. The maximum Gasteiger partial charge on any atom is 0.251 e. The summed E-state index contributed by atoms with van der Waals surface area (Å²) in [6.45, 7) is 9.89. The van der Waals surface area contributed by atoms with Crippen LogP contribution in [0.5, 0.6) is 17.2 Å². The summed E-state index contributed by atoms with van der Waals surface area (Å²) in [4.78, 5) is 12.5. The van der Waals surface area contributed by atoms with E-state index in [1.165, 1.54) is 0 Å². The van der Waals surface area contributed by atoms with Crippen molar-refractivity contribution < 1.29 is 19.0 Å². The Balaban J connectivity index is 2.06. The van der Waals surface area contributed by atoms with Crippen molar-refractivity contribution in [2.45, 2.75) is 32.9 Å². The first-order valence-corrected chi connectivity index (χ1v) is 8.93. The third kappa shape index (κ3) is 5.78. The standard InChI is InChI=1S/C22H27NO4/c1-6-13-26-19-10-7-17(8-11-19)22(24)23-16(4)18-9-12-20(27-15(2)3)21(14-18)25-5/h6-12,14-16H,1,13H2,2-5H3,(H,23,24). The van der Waals surface area contributed by atoms with Crippen LogP contribution in [-0.4, -0.2) is 25.7 Å². The van der Waals surface area contributed by atoms with Crippen LogP contribution in [0.15, 0.2) is 55.1 Å². The van der Waals surface area contributed by atoms with E-state index < -0.39 is 0 Å². The van der Waals surface area contributed by atoms with Crippen molar-refractivity contribution in [3.05, 3.63) is 66.2 Å². The molecule has 1 amide bonds. The molecule has 1 unspecified atom stereocenters. The molecular weight excluding hydrogens is 342 g/mol. The normalized spacial score (nSPS) is 11.6. The van der Waals surface area contributed by atoms with E-state index in [-0.39, 0.29) is 18.1 Å². The second kappa shape index (κ2) is 9.67. The highest BCUT2D eigenvalue weighted by atomic mass is 16.5. The Morgan fingerprint density at radius 2 is 1.81 bits per heavy atom. The van der Waals surface area contributed by atoms with Crippen LogP contribution < -0.4 is 19.5 Å². The second-order valence-corrected chi connectivity index (χ2v) is 6.40. The van der Waals surface area contributed by atoms with Crippen LogP contribution in [0, 0.1) is 0 Å². The number of rotatable bonds is 9. The maximum atomic E-state index is 12.5. The van der Waals surface area contributed by atoms with Crippen LogP contribution in [0.1, 0.15) is 42.7 Å². The lowest BCUT2D eigenvalue weighted by atomic mass is 10.1. The van der Waals surface area contributed by atoms with E-state index in [0.29, 0.717) is 29.4 Å². The monoisotopic (exact) mass is 369 g/mol. The summed E-state index contributed by atoms with van der Waals surface area (Å²) in [5.74, 6) is 1.88. The van der Waals surface area contributed by atoms with E-state index >= 15 is 0 Å². The Kier molecular flexibility index (Phi) is 7.29. The van der Waals surface area contributed by atoms with Crippen molar-refractivity contribution in [1.29, 1.82) is 0 Å². The van der Waals surface area contributed by atoms with Gasteiger partial charge in [0, 0.05) is 5.56 Å². The van der Waals surface area contributed by atoms with Gasteiger partial charge < -0.3 is 19.5 Å². The van der Waals surface area contributed by atoms with Crippen LogP contribution in [0.25, 0.3) is 0 Å². The zero-order chi connectivity index (χ0) is 19.8. The third-order valence-electron chi connectivity index (χ3n) is 3.88. The lowest BCUT2D eigenvalue weighted by Gasteiger charge is -2.18. The highest BCUT2D eigenvalue weighted by molar-refractivity contribution is 5.94. The molecule has 2 rings (SSSR count). The molecule has 144 valence electrons. The Bertz CT molecular complexity index is 768. The summed E-state index contributed by atoms with van der Waals surface area (Å²) in [5, 5.41) is 2.99. The van der Waals surface area contributed by atoms with E-state index in [1.807, 2.05) is 39.0 Å². The molecule has 0 saturated carbocycles. The fraction of sp³-hybridized carbons (Fsp3) is 0.318. The molecule has 0 heterocycles. The summed E-state index contributed by atoms with van der Waals surface area (Å²) >= 11 is 0. The first-order chi connectivity index (χ1) is 12.9. The number of benzene rings is 2. The van der Waals surface area contributed by atoms with Crippen LogP contribution in [-0.2, 0) is 0 Å². The zero-order valence-electron chi connectivity index (χ0n) is 16.3. The van der Waals surface area contributed by atoms with Gasteiger partial charge in [0.2, 0.25) is 0 Å². The number of carbonyl (C=O) groups excluding carboxylic acids is 1. The minimum atomic E-state index is -0.184. The fourth-order valence-corrected chi connectivity index (χ4v) is 2.53. The number of nitrogens with one attached hydrogen (secondary N) is 1. The lowest BCUT2D eigenvalue weighted by molar-refractivity contribution is 0.0940. The molecule has 0 aliphatic rings. The summed E-state index contributed by atoms with van der Waals surface area (Å²) in [6, 6.07) is 12.5. The minimum absolute atomic E-state index is 0.0558. The van der Waals surface area contributed by atoms with Crippen LogP contribution in [0.3, 0.4) is 0 Å². The SMILES string of the molecule is C=CCOc1ccc(C(=O)NC(C)c2ccc(OC(C)C)c(OC)c2)cc1. The van der Waals surface area contributed by atoms with Crippen molar-refractivity contribution in [2.75, 3.05) is 13.7 Å². The van der Waals surface area contributed by atoms with Gasteiger partial charge in [-0.25, -0.2) is 0 Å². The van der Waals surface area contributed by atoms with Gasteiger partial charge in [0.15, 0.2) is 11.5 Å². The molecule has 5 nitrogen and oxygen atoms in total. The molecular formula is C22H27NO4. The number of ether oxygens (including phenoxy) is 3. The molecule has 5 heteroatoms. The van der Waals surface area contributed by atoms with E-state index in [2.05, 4.69) is 11.9 Å². The van der Waals surface area contributed by atoms with Crippen molar-refractivity contribution in [3.63, 3.8) is 0 Å². The van der Waals surface area contributed by atoms with E-state index in [1.54, 1.807) is 37.5 Å². The van der Waals surface area contributed by atoms with Gasteiger partial charge in [0.05, 0.1) is 19.3 Å². The molecule has 0 aliphatic carbocycles. The number of methoxy groups -OCH3 is 1. The predicted octanol–water partition coefficient (Wildman–Crippen LogP) is 4.54. The lowest BCUT2D eigenvalue weighted by Crippen LogP contribution is -2.26. The van der Waals surface area contributed by atoms with Crippen LogP contribution in [0.2, 0.25) is 0 Å². The molecule has 2 aromatic rings. The number of hydrogen-bond donors (Lipinski definition) is 1. The second-order valence-electron chi connectivity index (χ2n) is 6.40. The summed E-state index contributed by atoms with van der Waals surface area (Å²) in [6.07, 6.45) is 1.73. The molecule has 2 aromatic carbocycles. The average molecular weight is 369 g/mol. The quantitative estimate of drug-likeness (QED) is 0.660. The van der Waals surface area contributed by atoms with Crippen molar-refractivity contribution in [3.8, 4) is 17.2 Å². The fourth-order valence-electron chi connectivity index (χ4n) is 2.53. The van der Waals surface area contributed by atoms with E-state index in [9.17, 15) is 4.79 Å². The average Bonchev–Trinajstić information content (AvgIpc) is 2.66. The Hall–Kier alpha value is -2.95. The number of hydrogen-bond acceptors (Lipinski definition) is 4. The van der Waals surface area contributed by atoms with E-state index in [0.717, 1.165) is 5.56 Å². The maximum absolute atomic E-state index is 12.5. The van der Waals surface area contributed by atoms with Gasteiger partial charge in [-0.2, -0.15) is 0 Å². The third-order valence-corrected chi connectivity index (χ3v) is 3.88. The van der Waals surface area contributed by atoms with Gasteiger partial charge in [-0.05, 0) is 62.7 Å². The van der Waals surface area contributed by atoms with Crippen LogP contribution in [0.4, 0.5) is 0 Å². The van der Waals surface area contributed by atoms with Gasteiger partial charge in [0.1, 0.15) is 12.4 Å². The first-order valence-electron chi connectivity index (χ1n) is 8.93. The van der Waals surface area contributed by atoms with Crippen molar-refractivity contribution in [1.82, 2.24) is 5.32 Å². The van der Waals surface area contributed by atoms with Crippen LogP contribution >= 0.6 is 0 Å². The summed E-state index contributed by atoms with van der Waals surface area (Å²) < 4.78 is 16.6. The highest BCUT2D eigenvalue weighted by Gasteiger charge is 2.15. The molecule has 0 aliphatic heterocycles. The predicted molar refractivity (Wildman–Crippen MR) is 107 cm³/mol. The van der Waals surface area contributed by atoms with E-state index in [4.69, 9.17) is 14.2 Å². The Labute approximate surface area is 161 Å². The van der Waals surface area contributed by atoms with Gasteiger partial charge >= 0.3 is 0 Å². The van der Waals surface area contributed by atoms with Crippen molar-refractivity contribution in [2.24, 2.45) is 0 Å². The smallest absolute Gasteiger partial charge is 0.251 e. The van der Waals surface area contributed by atoms with Gasteiger partial charge in [0.25, 0.3) is 5.91 Å². The first kappa shape index (κ1) is 20.4. The molecule has 1 N–H and O–H groups in total.